The number of benzene rings is 1. The van der Waals surface area contributed by atoms with Gasteiger partial charge >= 0.3 is 5.97 Å². The van der Waals surface area contributed by atoms with E-state index in [2.05, 4.69) is 4.98 Å². The van der Waals surface area contributed by atoms with E-state index in [9.17, 15) is 13.6 Å². The summed E-state index contributed by atoms with van der Waals surface area (Å²) in [6.45, 7) is 3.31. The third-order valence-corrected chi connectivity index (χ3v) is 2.43. The van der Waals surface area contributed by atoms with E-state index in [1.54, 1.807) is 6.92 Å². The van der Waals surface area contributed by atoms with Gasteiger partial charge in [-0.2, -0.15) is 0 Å². The molecule has 0 fully saturated rings. The van der Waals surface area contributed by atoms with Gasteiger partial charge in [-0.25, -0.2) is 18.6 Å². The number of carbonyl (C=O) groups is 1. The van der Waals surface area contributed by atoms with Gasteiger partial charge in [-0.1, -0.05) is 6.07 Å². The number of oxazole rings is 1. The molecule has 1 aromatic carbocycles. The molecule has 2 aromatic rings. The molecule has 0 aliphatic rings. The maximum Gasteiger partial charge on any atom is 0.376 e. The summed E-state index contributed by atoms with van der Waals surface area (Å²) in [6, 6.07) is 3.40. The van der Waals surface area contributed by atoms with Crippen molar-refractivity contribution in [3.8, 4) is 11.5 Å². The second-order valence-corrected chi connectivity index (χ2v) is 3.75. The molecule has 0 radical (unpaired) electrons. The van der Waals surface area contributed by atoms with Gasteiger partial charge in [0.2, 0.25) is 11.7 Å². The number of aromatic nitrogens is 1. The monoisotopic (exact) mass is 267 g/mol. The molecular formula is C13H11F2NO3. The Morgan fingerprint density at radius 3 is 2.58 bits per heavy atom. The number of hydrogen-bond acceptors (Lipinski definition) is 4. The number of rotatable bonds is 3. The molecule has 0 atom stereocenters. The highest BCUT2D eigenvalue weighted by molar-refractivity contribution is 5.87. The fourth-order valence-corrected chi connectivity index (χ4v) is 1.59. The van der Waals surface area contributed by atoms with Gasteiger partial charge in [0.1, 0.15) is 17.2 Å². The Labute approximate surface area is 108 Å². The van der Waals surface area contributed by atoms with Crippen molar-refractivity contribution in [1.29, 1.82) is 0 Å². The first-order chi connectivity index (χ1) is 9.04. The van der Waals surface area contributed by atoms with Crippen molar-refractivity contribution < 1.29 is 22.7 Å². The molecule has 0 saturated heterocycles. The Morgan fingerprint density at radius 2 is 2.00 bits per heavy atom. The first kappa shape index (κ1) is 13.2. The summed E-state index contributed by atoms with van der Waals surface area (Å²) in [4.78, 5) is 15.4. The van der Waals surface area contributed by atoms with Crippen LogP contribution in [0.2, 0.25) is 0 Å². The molecule has 100 valence electrons. The Bertz CT molecular complexity index is 602. The van der Waals surface area contributed by atoms with Crippen LogP contribution in [0.5, 0.6) is 0 Å². The molecule has 0 aliphatic carbocycles. The van der Waals surface area contributed by atoms with Crippen molar-refractivity contribution in [1.82, 2.24) is 4.98 Å². The van der Waals surface area contributed by atoms with Crippen LogP contribution in [-0.4, -0.2) is 17.6 Å². The lowest BCUT2D eigenvalue weighted by atomic mass is 10.2. The van der Waals surface area contributed by atoms with Crippen LogP contribution in [0.3, 0.4) is 0 Å². The van der Waals surface area contributed by atoms with Crippen LogP contribution in [0.25, 0.3) is 11.5 Å². The minimum Gasteiger partial charge on any atom is -0.460 e. The second-order valence-electron chi connectivity index (χ2n) is 3.75. The van der Waals surface area contributed by atoms with E-state index in [1.807, 2.05) is 0 Å². The van der Waals surface area contributed by atoms with E-state index in [0.717, 1.165) is 12.1 Å². The highest BCUT2D eigenvalue weighted by atomic mass is 19.1. The van der Waals surface area contributed by atoms with Crippen molar-refractivity contribution in [2.45, 2.75) is 13.8 Å². The van der Waals surface area contributed by atoms with Crippen LogP contribution >= 0.6 is 0 Å². The molecule has 19 heavy (non-hydrogen) atoms. The van der Waals surface area contributed by atoms with Gasteiger partial charge in [0.05, 0.1) is 12.3 Å². The number of halogens is 2. The molecule has 0 unspecified atom stereocenters. The van der Waals surface area contributed by atoms with Gasteiger partial charge < -0.3 is 9.15 Å². The molecule has 0 saturated carbocycles. The van der Waals surface area contributed by atoms with E-state index >= 15 is 0 Å². The van der Waals surface area contributed by atoms with Crippen molar-refractivity contribution >= 4 is 5.97 Å². The average molecular weight is 267 g/mol. The average Bonchev–Trinajstić information content (AvgIpc) is 2.71. The number of aryl methyl sites for hydroxylation is 1. The van der Waals surface area contributed by atoms with Gasteiger partial charge in [0.15, 0.2) is 0 Å². The molecule has 0 aliphatic heterocycles. The molecule has 6 heteroatoms. The third-order valence-electron chi connectivity index (χ3n) is 2.43. The summed E-state index contributed by atoms with van der Waals surface area (Å²) in [5.41, 5.74) is -0.183. The SMILES string of the molecule is CCOC(=O)c1oc(-c2c(F)cccc2F)nc1C. The van der Waals surface area contributed by atoms with Crippen LogP contribution in [0.15, 0.2) is 22.6 Å². The Kier molecular flexibility index (Phi) is 3.59. The number of nitrogens with zero attached hydrogens (tertiary/aromatic N) is 1. The fourth-order valence-electron chi connectivity index (χ4n) is 1.59. The van der Waals surface area contributed by atoms with Crippen molar-refractivity contribution in [3.05, 3.63) is 41.3 Å². The standard InChI is InChI=1S/C13H11F2NO3/c1-3-18-13(17)11-7(2)16-12(19-11)10-8(14)5-4-6-9(10)15/h4-6H,3H2,1-2H3. The van der Waals surface area contributed by atoms with Gasteiger partial charge in [0.25, 0.3) is 0 Å². The highest BCUT2D eigenvalue weighted by Crippen LogP contribution is 2.27. The zero-order valence-electron chi connectivity index (χ0n) is 10.4. The van der Waals surface area contributed by atoms with Crippen LogP contribution < -0.4 is 0 Å². The van der Waals surface area contributed by atoms with E-state index in [4.69, 9.17) is 9.15 Å². The van der Waals surface area contributed by atoms with Gasteiger partial charge in [-0.3, -0.25) is 0 Å². The first-order valence-corrected chi connectivity index (χ1v) is 5.63. The number of esters is 1. The van der Waals surface area contributed by atoms with Crippen LogP contribution in [0.1, 0.15) is 23.2 Å². The maximum absolute atomic E-state index is 13.6. The van der Waals surface area contributed by atoms with E-state index < -0.39 is 23.2 Å². The summed E-state index contributed by atoms with van der Waals surface area (Å²) in [5, 5.41) is 0. The lowest BCUT2D eigenvalue weighted by Crippen LogP contribution is -2.04. The van der Waals surface area contributed by atoms with Gasteiger partial charge in [0, 0.05) is 0 Å². The summed E-state index contributed by atoms with van der Waals surface area (Å²) in [7, 11) is 0. The topological polar surface area (TPSA) is 52.3 Å². The lowest BCUT2D eigenvalue weighted by molar-refractivity contribution is 0.0490. The molecule has 0 amide bonds. The molecule has 0 bridgehead atoms. The minimum atomic E-state index is -0.809. The Balaban J connectivity index is 2.48. The molecule has 1 heterocycles. The Morgan fingerprint density at radius 1 is 1.37 bits per heavy atom. The third kappa shape index (κ3) is 2.47. The number of carbonyl (C=O) groups excluding carboxylic acids is 1. The quantitative estimate of drug-likeness (QED) is 0.802. The second kappa shape index (κ2) is 5.17. The predicted molar refractivity (Wildman–Crippen MR) is 62.5 cm³/mol. The van der Waals surface area contributed by atoms with Crippen LogP contribution in [0.4, 0.5) is 8.78 Å². The van der Waals surface area contributed by atoms with Crippen molar-refractivity contribution in [3.63, 3.8) is 0 Å². The highest BCUT2D eigenvalue weighted by Gasteiger charge is 2.22. The number of hydrogen-bond donors (Lipinski definition) is 0. The Hall–Kier alpha value is -2.24. The molecular weight excluding hydrogens is 256 g/mol. The summed E-state index contributed by atoms with van der Waals surface area (Å²) < 4.78 is 37.0. The fraction of sp³-hybridized carbons (Fsp3) is 0.231. The molecule has 1 aromatic heterocycles. The first-order valence-electron chi connectivity index (χ1n) is 5.63. The summed E-state index contributed by atoms with van der Waals surface area (Å²) in [6.07, 6.45) is 0. The van der Waals surface area contributed by atoms with Crippen LogP contribution in [-0.2, 0) is 4.74 Å². The minimum absolute atomic E-state index is 0.153. The molecule has 2 rings (SSSR count). The van der Waals surface area contributed by atoms with E-state index in [-0.39, 0.29) is 24.0 Å². The summed E-state index contributed by atoms with van der Waals surface area (Å²) >= 11 is 0. The zero-order valence-corrected chi connectivity index (χ0v) is 10.4. The van der Waals surface area contributed by atoms with Gasteiger partial charge in [-0.05, 0) is 26.0 Å². The maximum atomic E-state index is 13.6. The normalized spacial score (nSPS) is 10.5. The number of ether oxygens (including phenoxy) is 1. The predicted octanol–water partition coefficient (Wildman–Crippen LogP) is 3.10. The largest absolute Gasteiger partial charge is 0.460 e. The molecule has 4 nitrogen and oxygen atoms in total. The molecule has 0 spiro atoms. The summed E-state index contributed by atoms with van der Waals surface area (Å²) in [5.74, 6) is -2.76. The zero-order chi connectivity index (χ0) is 14.0. The van der Waals surface area contributed by atoms with Crippen molar-refractivity contribution in [2.75, 3.05) is 6.61 Å². The molecule has 0 N–H and O–H groups in total. The smallest absolute Gasteiger partial charge is 0.376 e. The van der Waals surface area contributed by atoms with Crippen molar-refractivity contribution in [2.24, 2.45) is 0 Å². The van der Waals surface area contributed by atoms with Gasteiger partial charge in [-0.15, -0.1) is 0 Å². The van der Waals surface area contributed by atoms with E-state index in [0.29, 0.717) is 0 Å². The van der Waals surface area contributed by atoms with Crippen LogP contribution in [0, 0.1) is 18.6 Å². The lowest BCUT2D eigenvalue weighted by Gasteiger charge is -2.00. The van der Waals surface area contributed by atoms with E-state index in [1.165, 1.54) is 13.0 Å².